The maximum atomic E-state index is 11.6. The molecule has 1 aliphatic carbocycles. The summed E-state index contributed by atoms with van der Waals surface area (Å²) in [7, 11) is 0. The summed E-state index contributed by atoms with van der Waals surface area (Å²) >= 11 is 0. The Morgan fingerprint density at radius 1 is 1.25 bits per heavy atom. The van der Waals surface area contributed by atoms with Crippen LogP contribution in [-0.2, 0) is 9.53 Å². The van der Waals surface area contributed by atoms with Crippen LogP contribution in [0.2, 0.25) is 0 Å². The third-order valence-corrected chi connectivity index (χ3v) is 4.18. The molecule has 2 unspecified atom stereocenters. The second-order valence-corrected chi connectivity index (χ2v) is 5.77. The molecule has 0 radical (unpaired) electrons. The maximum absolute atomic E-state index is 11.6. The summed E-state index contributed by atoms with van der Waals surface area (Å²) in [6, 6.07) is 0. The number of aliphatic carboxylic acids is 1. The molecule has 92 valence electrons. The average molecular weight is 228 g/mol. The predicted molar refractivity (Wildman–Crippen MR) is 58.0 cm³/mol. The molecule has 16 heavy (non-hydrogen) atoms. The molecule has 4 heteroatoms. The van der Waals surface area contributed by atoms with E-state index in [1.165, 1.54) is 0 Å². The van der Waals surface area contributed by atoms with Gasteiger partial charge in [-0.25, -0.2) is 0 Å². The lowest BCUT2D eigenvalue weighted by atomic mass is 9.57. The Balaban J connectivity index is 2.31. The molecule has 2 atom stereocenters. The molecule has 1 aliphatic heterocycles. The molecule has 0 aromatic carbocycles. The minimum absolute atomic E-state index is 0.165. The highest BCUT2D eigenvalue weighted by atomic mass is 16.5. The normalized spacial score (nSPS) is 42.4. The minimum atomic E-state index is -1.15. The van der Waals surface area contributed by atoms with Crippen molar-refractivity contribution in [3.63, 3.8) is 0 Å². The summed E-state index contributed by atoms with van der Waals surface area (Å²) in [6.45, 7) is 4.46. The van der Waals surface area contributed by atoms with Gasteiger partial charge in [0, 0.05) is 0 Å². The van der Waals surface area contributed by atoms with Crippen LogP contribution in [0, 0.1) is 17.3 Å². The SMILES string of the molecule is CC1CC(C)CC(C(=O)O)(C2(O)COC2)C1. The lowest BCUT2D eigenvalue weighted by molar-refractivity contribution is -0.256. The summed E-state index contributed by atoms with van der Waals surface area (Å²) in [5.41, 5.74) is -2.15. The van der Waals surface area contributed by atoms with E-state index in [0.29, 0.717) is 24.7 Å². The van der Waals surface area contributed by atoms with Crippen LogP contribution in [-0.4, -0.2) is 35.0 Å². The van der Waals surface area contributed by atoms with E-state index in [1.54, 1.807) is 0 Å². The van der Waals surface area contributed by atoms with Gasteiger partial charge in [0.2, 0.25) is 0 Å². The third-order valence-electron chi connectivity index (χ3n) is 4.18. The van der Waals surface area contributed by atoms with E-state index in [4.69, 9.17) is 4.74 Å². The van der Waals surface area contributed by atoms with Gasteiger partial charge in [-0.2, -0.15) is 0 Å². The number of ether oxygens (including phenoxy) is 1. The van der Waals surface area contributed by atoms with E-state index in [-0.39, 0.29) is 13.2 Å². The second kappa shape index (κ2) is 3.70. The van der Waals surface area contributed by atoms with Crippen molar-refractivity contribution < 1.29 is 19.7 Å². The van der Waals surface area contributed by atoms with Crippen molar-refractivity contribution >= 4 is 5.97 Å². The van der Waals surface area contributed by atoms with Crippen LogP contribution in [0.3, 0.4) is 0 Å². The summed E-state index contributed by atoms with van der Waals surface area (Å²) in [6.07, 6.45) is 2.17. The van der Waals surface area contributed by atoms with Gasteiger partial charge in [-0.15, -0.1) is 0 Å². The second-order valence-electron chi connectivity index (χ2n) is 5.77. The van der Waals surface area contributed by atoms with Crippen molar-refractivity contribution in [2.24, 2.45) is 17.3 Å². The van der Waals surface area contributed by atoms with Gasteiger partial charge in [0.05, 0.1) is 13.2 Å². The quantitative estimate of drug-likeness (QED) is 0.747. The van der Waals surface area contributed by atoms with E-state index < -0.39 is 17.0 Å². The summed E-state index contributed by atoms with van der Waals surface area (Å²) in [5.74, 6) is -0.161. The Labute approximate surface area is 95.6 Å². The molecule has 0 aromatic rings. The van der Waals surface area contributed by atoms with Crippen LogP contribution >= 0.6 is 0 Å². The summed E-state index contributed by atoms with van der Waals surface area (Å²) < 4.78 is 5.02. The monoisotopic (exact) mass is 228 g/mol. The van der Waals surface area contributed by atoms with Gasteiger partial charge in [-0.1, -0.05) is 13.8 Å². The summed E-state index contributed by atoms with van der Waals surface area (Å²) in [5, 5.41) is 19.9. The number of aliphatic hydroxyl groups is 1. The zero-order chi connectivity index (χ0) is 12.0. The number of carbonyl (C=O) groups is 1. The molecule has 4 nitrogen and oxygen atoms in total. The van der Waals surface area contributed by atoms with Crippen molar-refractivity contribution in [1.29, 1.82) is 0 Å². The van der Waals surface area contributed by atoms with Gasteiger partial charge >= 0.3 is 5.97 Å². The van der Waals surface area contributed by atoms with Crippen molar-refractivity contribution in [2.45, 2.75) is 38.7 Å². The highest BCUT2D eigenvalue weighted by Gasteiger charge is 2.61. The smallest absolute Gasteiger partial charge is 0.312 e. The summed E-state index contributed by atoms with van der Waals surface area (Å²) in [4.78, 5) is 11.6. The molecule has 2 rings (SSSR count). The number of carboxylic acid groups (broad SMARTS) is 1. The largest absolute Gasteiger partial charge is 0.481 e. The molecule has 2 aliphatic rings. The Morgan fingerprint density at radius 2 is 1.75 bits per heavy atom. The van der Waals surface area contributed by atoms with Crippen LogP contribution < -0.4 is 0 Å². The molecular weight excluding hydrogens is 208 g/mol. The van der Waals surface area contributed by atoms with Crippen molar-refractivity contribution in [3.05, 3.63) is 0 Å². The highest BCUT2D eigenvalue weighted by molar-refractivity contribution is 5.77. The molecule has 0 aromatic heterocycles. The highest BCUT2D eigenvalue weighted by Crippen LogP contribution is 2.51. The first-order valence-electron chi connectivity index (χ1n) is 5.93. The van der Waals surface area contributed by atoms with Gasteiger partial charge in [0.25, 0.3) is 0 Å². The Kier molecular flexibility index (Phi) is 2.75. The zero-order valence-corrected chi connectivity index (χ0v) is 9.90. The lowest BCUT2D eigenvalue weighted by Crippen LogP contribution is -2.66. The number of hydrogen-bond acceptors (Lipinski definition) is 3. The number of rotatable bonds is 2. The van der Waals surface area contributed by atoms with Gasteiger partial charge in [-0.3, -0.25) is 4.79 Å². The molecule has 2 N–H and O–H groups in total. The fraction of sp³-hybridized carbons (Fsp3) is 0.917. The first-order valence-corrected chi connectivity index (χ1v) is 5.93. The van der Waals surface area contributed by atoms with E-state index in [9.17, 15) is 15.0 Å². The third kappa shape index (κ3) is 1.55. The van der Waals surface area contributed by atoms with Crippen molar-refractivity contribution in [1.82, 2.24) is 0 Å². The van der Waals surface area contributed by atoms with E-state index in [1.807, 2.05) is 0 Å². The standard InChI is InChI=1S/C12H20O4/c1-8-3-9(2)5-11(4-8,10(13)14)12(15)6-16-7-12/h8-9,15H,3-7H2,1-2H3,(H,13,14). The van der Waals surface area contributed by atoms with Crippen molar-refractivity contribution in [2.75, 3.05) is 13.2 Å². The van der Waals surface area contributed by atoms with Crippen LogP contribution in [0.4, 0.5) is 0 Å². The van der Waals surface area contributed by atoms with Crippen LogP contribution in [0.5, 0.6) is 0 Å². The molecular formula is C12H20O4. The molecule has 0 bridgehead atoms. The average Bonchev–Trinajstić information content (AvgIpc) is 2.11. The van der Waals surface area contributed by atoms with Gasteiger partial charge < -0.3 is 14.9 Å². The van der Waals surface area contributed by atoms with E-state index in [0.717, 1.165) is 6.42 Å². The first kappa shape index (κ1) is 11.9. The van der Waals surface area contributed by atoms with Gasteiger partial charge in [0.15, 0.2) is 0 Å². The van der Waals surface area contributed by atoms with Crippen molar-refractivity contribution in [3.8, 4) is 0 Å². The Hall–Kier alpha value is -0.610. The fourth-order valence-corrected chi connectivity index (χ4v) is 3.45. The Bertz CT molecular complexity index is 285. The maximum Gasteiger partial charge on any atom is 0.312 e. The molecule has 1 saturated heterocycles. The molecule has 0 amide bonds. The molecule has 2 fully saturated rings. The van der Waals surface area contributed by atoms with Crippen LogP contribution in [0.1, 0.15) is 33.1 Å². The Morgan fingerprint density at radius 3 is 2.06 bits per heavy atom. The van der Waals surface area contributed by atoms with Gasteiger partial charge in [-0.05, 0) is 31.1 Å². The van der Waals surface area contributed by atoms with Crippen LogP contribution in [0.15, 0.2) is 0 Å². The molecule has 0 spiro atoms. The molecule has 1 heterocycles. The zero-order valence-electron chi connectivity index (χ0n) is 9.90. The number of hydrogen-bond donors (Lipinski definition) is 2. The van der Waals surface area contributed by atoms with Crippen LogP contribution in [0.25, 0.3) is 0 Å². The number of carboxylic acids is 1. The topological polar surface area (TPSA) is 66.8 Å². The van der Waals surface area contributed by atoms with Gasteiger partial charge in [0.1, 0.15) is 11.0 Å². The molecule has 1 saturated carbocycles. The predicted octanol–water partition coefficient (Wildman–Crippen LogP) is 1.27. The lowest BCUT2D eigenvalue weighted by Gasteiger charge is -2.53. The fourth-order valence-electron chi connectivity index (χ4n) is 3.45. The first-order chi connectivity index (χ1) is 7.40. The minimum Gasteiger partial charge on any atom is -0.481 e. The van der Waals surface area contributed by atoms with E-state index >= 15 is 0 Å². The van der Waals surface area contributed by atoms with E-state index in [2.05, 4.69) is 13.8 Å².